The van der Waals surface area contributed by atoms with E-state index in [1.165, 1.54) is 6.07 Å². The Morgan fingerprint density at radius 1 is 1.03 bits per heavy atom. The number of carbonyl (C=O) groups is 1. The number of sulfonamides is 1. The number of anilines is 1. The average molecular weight is 431 g/mol. The van der Waals surface area contributed by atoms with Crippen LogP contribution in [0.3, 0.4) is 0 Å². The number of ether oxygens (including phenoxy) is 1. The zero-order chi connectivity index (χ0) is 20.7. The molecule has 6 nitrogen and oxygen atoms in total. The van der Waals surface area contributed by atoms with E-state index in [1.807, 2.05) is 37.3 Å². The fraction of sp³-hybridized carbons (Fsp3) is 0.190. The van der Waals surface area contributed by atoms with Crippen LogP contribution < -0.4 is 14.8 Å². The van der Waals surface area contributed by atoms with Gasteiger partial charge in [-0.15, -0.1) is 11.3 Å². The van der Waals surface area contributed by atoms with Gasteiger partial charge in [0.1, 0.15) is 16.0 Å². The quantitative estimate of drug-likeness (QED) is 0.542. The third-order valence-corrected chi connectivity index (χ3v) is 6.96. The molecule has 0 bridgehead atoms. The molecule has 1 aromatic heterocycles. The number of thiophene rings is 1. The van der Waals surface area contributed by atoms with Gasteiger partial charge < -0.3 is 10.1 Å². The topological polar surface area (TPSA) is 84.5 Å². The van der Waals surface area contributed by atoms with Crippen molar-refractivity contribution in [2.24, 2.45) is 0 Å². The second-order valence-electron chi connectivity index (χ2n) is 6.24. The van der Waals surface area contributed by atoms with E-state index in [1.54, 1.807) is 35.7 Å². The van der Waals surface area contributed by atoms with Crippen LogP contribution in [0.1, 0.15) is 12.5 Å². The van der Waals surface area contributed by atoms with Crippen LogP contribution in [-0.4, -0.2) is 27.0 Å². The van der Waals surface area contributed by atoms with E-state index in [2.05, 4.69) is 10.0 Å². The van der Waals surface area contributed by atoms with Crippen molar-refractivity contribution in [2.75, 3.05) is 11.9 Å². The molecular formula is C21H22N2O4S2. The molecule has 1 heterocycles. The summed E-state index contributed by atoms with van der Waals surface area (Å²) in [5.74, 6) is 0.267. The fourth-order valence-electron chi connectivity index (χ4n) is 2.73. The van der Waals surface area contributed by atoms with Crippen LogP contribution >= 0.6 is 11.3 Å². The van der Waals surface area contributed by atoms with Crippen LogP contribution in [0.5, 0.6) is 5.75 Å². The second-order valence-corrected chi connectivity index (χ2v) is 9.13. The third kappa shape index (κ3) is 5.90. The highest BCUT2D eigenvalue weighted by Gasteiger charge is 2.26. The van der Waals surface area contributed by atoms with Crippen molar-refractivity contribution in [1.29, 1.82) is 0 Å². The minimum Gasteiger partial charge on any atom is -0.494 e. The Bertz CT molecular complexity index is 1020. The van der Waals surface area contributed by atoms with Crippen molar-refractivity contribution in [2.45, 2.75) is 23.6 Å². The van der Waals surface area contributed by atoms with Crippen LogP contribution in [0.2, 0.25) is 0 Å². The molecule has 0 saturated carbocycles. The number of amides is 1. The minimum atomic E-state index is -3.80. The molecule has 8 heteroatoms. The van der Waals surface area contributed by atoms with Crippen LogP contribution in [0.4, 0.5) is 5.69 Å². The standard InChI is InChI=1S/C21H22N2O4S2/c1-2-27-18-12-10-17(11-13-18)22-21(24)19(15-16-7-4-3-5-8-16)23-29(25,26)20-9-6-14-28-20/h3-14,19,23H,2,15H2,1H3,(H,22,24)/t19-/m1/s1. The van der Waals surface area contributed by atoms with Gasteiger partial charge in [-0.25, -0.2) is 8.42 Å². The summed E-state index contributed by atoms with van der Waals surface area (Å²) in [7, 11) is -3.80. The molecule has 152 valence electrons. The summed E-state index contributed by atoms with van der Waals surface area (Å²) in [4.78, 5) is 12.9. The highest BCUT2D eigenvalue weighted by atomic mass is 32.2. The number of hydrogen-bond acceptors (Lipinski definition) is 5. The predicted octanol–water partition coefficient (Wildman–Crippen LogP) is 3.68. The summed E-state index contributed by atoms with van der Waals surface area (Å²) in [5, 5.41) is 4.46. The SMILES string of the molecule is CCOc1ccc(NC(=O)[C@@H](Cc2ccccc2)NS(=O)(=O)c2cccs2)cc1. The normalized spacial score (nSPS) is 12.3. The maximum atomic E-state index is 12.9. The highest BCUT2D eigenvalue weighted by Crippen LogP contribution is 2.19. The van der Waals surface area contributed by atoms with E-state index < -0.39 is 22.0 Å². The second kappa shape index (κ2) is 9.69. The van der Waals surface area contributed by atoms with E-state index in [-0.39, 0.29) is 10.6 Å². The molecule has 3 aromatic rings. The Morgan fingerprint density at radius 2 is 1.76 bits per heavy atom. The van der Waals surface area contributed by atoms with Crippen LogP contribution in [0.25, 0.3) is 0 Å². The molecule has 1 amide bonds. The lowest BCUT2D eigenvalue weighted by atomic mass is 10.1. The lowest BCUT2D eigenvalue weighted by Gasteiger charge is -2.18. The molecule has 29 heavy (non-hydrogen) atoms. The van der Waals surface area contributed by atoms with Gasteiger partial charge in [-0.2, -0.15) is 4.72 Å². The Labute approximate surface area is 174 Å². The molecular weight excluding hydrogens is 408 g/mol. The van der Waals surface area contributed by atoms with Gasteiger partial charge in [-0.05, 0) is 54.6 Å². The first-order valence-electron chi connectivity index (χ1n) is 9.11. The van der Waals surface area contributed by atoms with Gasteiger partial charge in [0.25, 0.3) is 10.0 Å². The van der Waals surface area contributed by atoms with Crippen molar-refractivity contribution in [3.05, 3.63) is 77.7 Å². The Balaban J connectivity index is 1.78. The van der Waals surface area contributed by atoms with Gasteiger partial charge in [0, 0.05) is 5.69 Å². The van der Waals surface area contributed by atoms with Gasteiger partial charge in [0.2, 0.25) is 5.91 Å². The maximum Gasteiger partial charge on any atom is 0.250 e. The van der Waals surface area contributed by atoms with Gasteiger partial charge in [-0.3, -0.25) is 4.79 Å². The molecule has 1 atom stereocenters. The molecule has 3 rings (SSSR count). The number of hydrogen-bond donors (Lipinski definition) is 2. The van der Waals surface area contributed by atoms with Crippen LogP contribution in [0, 0.1) is 0 Å². The molecule has 0 fully saturated rings. The van der Waals surface area contributed by atoms with Crippen LogP contribution in [-0.2, 0) is 21.2 Å². The van der Waals surface area contributed by atoms with E-state index in [9.17, 15) is 13.2 Å². The van der Waals surface area contributed by atoms with Crippen molar-refractivity contribution in [3.8, 4) is 5.75 Å². The van der Waals surface area contributed by atoms with Crippen molar-refractivity contribution >= 4 is 33.0 Å². The Morgan fingerprint density at radius 3 is 2.38 bits per heavy atom. The first kappa shape index (κ1) is 21.0. The number of nitrogens with one attached hydrogen (secondary N) is 2. The molecule has 2 aromatic carbocycles. The summed E-state index contributed by atoms with van der Waals surface area (Å²) < 4.78 is 33.4. The highest BCUT2D eigenvalue weighted by molar-refractivity contribution is 7.91. The predicted molar refractivity (Wildman–Crippen MR) is 115 cm³/mol. The van der Waals surface area contributed by atoms with Crippen molar-refractivity contribution in [3.63, 3.8) is 0 Å². The largest absolute Gasteiger partial charge is 0.494 e. The maximum absolute atomic E-state index is 12.9. The van der Waals surface area contributed by atoms with E-state index in [4.69, 9.17) is 4.74 Å². The van der Waals surface area contributed by atoms with E-state index in [0.29, 0.717) is 18.0 Å². The monoisotopic (exact) mass is 430 g/mol. The van der Waals surface area contributed by atoms with E-state index >= 15 is 0 Å². The number of benzene rings is 2. The molecule has 2 N–H and O–H groups in total. The van der Waals surface area contributed by atoms with Gasteiger partial charge >= 0.3 is 0 Å². The summed E-state index contributed by atoms with van der Waals surface area (Å²) in [5.41, 5.74) is 1.42. The first-order chi connectivity index (χ1) is 14.0. The zero-order valence-corrected chi connectivity index (χ0v) is 17.5. The number of rotatable bonds is 9. The minimum absolute atomic E-state index is 0.171. The number of carbonyl (C=O) groups excluding carboxylic acids is 1. The summed E-state index contributed by atoms with van der Waals surface area (Å²) in [6, 6.07) is 18.4. The molecule has 0 radical (unpaired) electrons. The lowest BCUT2D eigenvalue weighted by molar-refractivity contribution is -0.117. The van der Waals surface area contributed by atoms with Gasteiger partial charge in [0.05, 0.1) is 6.61 Å². The molecule has 0 aliphatic heterocycles. The molecule has 0 aliphatic carbocycles. The molecule has 0 aliphatic rings. The molecule has 0 unspecified atom stereocenters. The lowest BCUT2D eigenvalue weighted by Crippen LogP contribution is -2.45. The summed E-state index contributed by atoms with van der Waals surface area (Å²) >= 11 is 1.10. The smallest absolute Gasteiger partial charge is 0.250 e. The Hall–Kier alpha value is -2.68. The third-order valence-electron chi connectivity index (χ3n) is 4.09. The van der Waals surface area contributed by atoms with Crippen LogP contribution in [0.15, 0.2) is 76.3 Å². The van der Waals surface area contributed by atoms with Crippen molar-refractivity contribution in [1.82, 2.24) is 4.72 Å². The van der Waals surface area contributed by atoms with Gasteiger partial charge in [-0.1, -0.05) is 36.4 Å². The van der Waals surface area contributed by atoms with E-state index in [0.717, 1.165) is 16.9 Å². The van der Waals surface area contributed by atoms with Crippen molar-refractivity contribution < 1.29 is 17.9 Å². The zero-order valence-electron chi connectivity index (χ0n) is 15.9. The molecule has 0 spiro atoms. The first-order valence-corrected chi connectivity index (χ1v) is 11.5. The fourth-order valence-corrected chi connectivity index (χ4v) is 4.93. The molecule has 0 saturated heterocycles. The average Bonchev–Trinajstić information content (AvgIpc) is 3.26. The van der Waals surface area contributed by atoms with Gasteiger partial charge in [0.15, 0.2) is 0 Å². The Kier molecular flexibility index (Phi) is 7.03. The summed E-state index contributed by atoms with van der Waals surface area (Å²) in [6.07, 6.45) is 0.230. The summed E-state index contributed by atoms with van der Waals surface area (Å²) in [6.45, 7) is 2.44.